The number of rotatable bonds is 5. The molecule has 2 aromatic rings. The summed E-state index contributed by atoms with van der Waals surface area (Å²) in [6, 6.07) is 13.8. The van der Waals surface area contributed by atoms with Gasteiger partial charge in [-0.15, -0.1) is 0 Å². The molecule has 0 spiro atoms. The lowest BCUT2D eigenvalue weighted by molar-refractivity contribution is -0.159. The van der Waals surface area contributed by atoms with Crippen LogP contribution in [0, 0.1) is 6.92 Å². The molecule has 2 N–H and O–H groups in total. The number of carbonyl (C=O) groups excluding carboxylic acids is 1. The average Bonchev–Trinajstić information content (AvgIpc) is 3.27. The lowest BCUT2D eigenvalue weighted by atomic mass is 10.1. The SMILES string of the molecule is Cc1ccc(OCC(=O)N2CCN(Cc3ccc4c(c3)OCO4)CC2)cc1.O=C(O)C(=O)O. The summed E-state index contributed by atoms with van der Waals surface area (Å²) in [6.07, 6.45) is 0. The minimum absolute atomic E-state index is 0.0401. The van der Waals surface area contributed by atoms with Gasteiger partial charge in [0.2, 0.25) is 6.79 Å². The number of piperazine rings is 1. The van der Waals surface area contributed by atoms with Crippen LogP contribution < -0.4 is 14.2 Å². The smallest absolute Gasteiger partial charge is 0.414 e. The van der Waals surface area contributed by atoms with E-state index in [2.05, 4.69) is 11.0 Å². The second-order valence-electron chi connectivity index (χ2n) is 7.56. The Hall–Kier alpha value is -3.79. The van der Waals surface area contributed by atoms with Gasteiger partial charge in [-0.2, -0.15) is 0 Å². The molecule has 176 valence electrons. The molecule has 1 fully saturated rings. The van der Waals surface area contributed by atoms with Crippen LogP contribution in [0.4, 0.5) is 0 Å². The van der Waals surface area contributed by atoms with Crippen LogP contribution in [-0.4, -0.2) is 77.4 Å². The number of fused-ring (bicyclic) bond motifs is 1. The van der Waals surface area contributed by atoms with Crippen LogP contribution in [0.5, 0.6) is 17.2 Å². The molecule has 2 aliphatic rings. The normalized spacial score (nSPS) is 14.8. The van der Waals surface area contributed by atoms with Crippen molar-refractivity contribution in [3.05, 3.63) is 53.6 Å². The maximum absolute atomic E-state index is 12.4. The summed E-state index contributed by atoms with van der Waals surface area (Å²) in [5, 5.41) is 14.8. The van der Waals surface area contributed by atoms with Crippen LogP contribution in [0.3, 0.4) is 0 Å². The number of aliphatic carboxylic acids is 2. The van der Waals surface area contributed by atoms with E-state index in [0.29, 0.717) is 6.79 Å². The molecule has 4 rings (SSSR count). The van der Waals surface area contributed by atoms with Gasteiger partial charge in [0, 0.05) is 32.7 Å². The van der Waals surface area contributed by atoms with E-state index in [-0.39, 0.29) is 12.5 Å². The van der Waals surface area contributed by atoms with Crippen molar-refractivity contribution in [3.63, 3.8) is 0 Å². The van der Waals surface area contributed by atoms with Crippen molar-refractivity contribution in [3.8, 4) is 17.2 Å². The van der Waals surface area contributed by atoms with Gasteiger partial charge >= 0.3 is 11.9 Å². The highest BCUT2D eigenvalue weighted by Crippen LogP contribution is 2.32. The fourth-order valence-corrected chi connectivity index (χ4v) is 3.32. The Bertz CT molecular complexity index is 972. The maximum Gasteiger partial charge on any atom is 0.414 e. The third kappa shape index (κ3) is 7.11. The molecule has 10 heteroatoms. The number of nitrogens with zero attached hydrogens (tertiary/aromatic N) is 2. The van der Waals surface area contributed by atoms with Gasteiger partial charge in [-0.3, -0.25) is 9.69 Å². The zero-order chi connectivity index (χ0) is 23.8. The van der Waals surface area contributed by atoms with E-state index in [1.54, 1.807) is 0 Å². The highest BCUT2D eigenvalue weighted by atomic mass is 16.7. The molecule has 1 amide bonds. The first-order chi connectivity index (χ1) is 15.8. The average molecular weight is 458 g/mol. The fourth-order valence-electron chi connectivity index (χ4n) is 3.32. The Morgan fingerprint density at radius 2 is 1.55 bits per heavy atom. The number of aryl methyl sites for hydroxylation is 1. The van der Waals surface area contributed by atoms with Crippen molar-refractivity contribution in [1.82, 2.24) is 9.80 Å². The monoisotopic (exact) mass is 458 g/mol. The second kappa shape index (κ2) is 11.2. The summed E-state index contributed by atoms with van der Waals surface area (Å²) < 4.78 is 16.4. The number of hydrogen-bond donors (Lipinski definition) is 2. The third-order valence-corrected chi connectivity index (χ3v) is 5.13. The molecular weight excluding hydrogens is 432 g/mol. The molecule has 0 aliphatic carbocycles. The zero-order valence-electron chi connectivity index (χ0n) is 18.2. The molecule has 0 saturated carbocycles. The number of benzene rings is 2. The topological polar surface area (TPSA) is 126 Å². The molecule has 0 radical (unpaired) electrons. The molecular formula is C23H26N2O8. The first-order valence-electron chi connectivity index (χ1n) is 10.4. The van der Waals surface area contributed by atoms with Gasteiger partial charge in [-0.1, -0.05) is 23.8 Å². The summed E-state index contributed by atoms with van der Waals surface area (Å²) in [4.78, 5) is 34.8. The fraction of sp³-hybridized carbons (Fsp3) is 0.348. The van der Waals surface area contributed by atoms with E-state index in [9.17, 15) is 4.79 Å². The van der Waals surface area contributed by atoms with E-state index < -0.39 is 11.9 Å². The number of amides is 1. The first-order valence-corrected chi connectivity index (χ1v) is 10.4. The first kappa shape index (κ1) is 23.9. The van der Waals surface area contributed by atoms with Gasteiger partial charge in [0.1, 0.15) is 5.75 Å². The highest BCUT2D eigenvalue weighted by molar-refractivity contribution is 6.27. The van der Waals surface area contributed by atoms with Crippen LogP contribution in [0.15, 0.2) is 42.5 Å². The number of hydrogen-bond acceptors (Lipinski definition) is 7. The van der Waals surface area contributed by atoms with Crippen molar-refractivity contribution < 1.29 is 38.8 Å². The predicted molar refractivity (Wildman–Crippen MR) is 116 cm³/mol. The van der Waals surface area contributed by atoms with E-state index >= 15 is 0 Å². The predicted octanol–water partition coefficient (Wildman–Crippen LogP) is 1.60. The van der Waals surface area contributed by atoms with Gasteiger partial charge in [0.15, 0.2) is 18.1 Å². The van der Waals surface area contributed by atoms with Crippen molar-refractivity contribution in [2.45, 2.75) is 13.5 Å². The number of carboxylic acid groups (broad SMARTS) is 2. The molecule has 0 unspecified atom stereocenters. The summed E-state index contributed by atoms with van der Waals surface area (Å²) in [6.45, 7) is 6.41. The van der Waals surface area contributed by atoms with Gasteiger partial charge in [-0.05, 0) is 36.8 Å². The number of carboxylic acids is 2. The van der Waals surface area contributed by atoms with E-state index in [4.69, 9.17) is 34.0 Å². The van der Waals surface area contributed by atoms with Crippen LogP contribution >= 0.6 is 0 Å². The van der Waals surface area contributed by atoms with Gasteiger partial charge in [-0.25, -0.2) is 9.59 Å². The molecule has 33 heavy (non-hydrogen) atoms. The standard InChI is InChI=1S/C21H24N2O4.C2H2O4/c1-16-2-5-18(6-3-16)25-14-21(24)23-10-8-22(9-11-23)13-17-4-7-19-20(12-17)27-15-26-19;3-1(4)2(5)6/h2-7,12H,8-11,13-15H2,1H3;(H,3,4)(H,5,6). The van der Waals surface area contributed by atoms with Crippen LogP contribution in [0.2, 0.25) is 0 Å². The highest BCUT2D eigenvalue weighted by Gasteiger charge is 2.22. The van der Waals surface area contributed by atoms with Crippen molar-refractivity contribution in [2.75, 3.05) is 39.6 Å². The van der Waals surface area contributed by atoms with Crippen LogP contribution in [0.25, 0.3) is 0 Å². The summed E-state index contributed by atoms with van der Waals surface area (Å²) >= 11 is 0. The van der Waals surface area contributed by atoms with Crippen molar-refractivity contribution in [2.24, 2.45) is 0 Å². The number of ether oxygens (including phenoxy) is 3. The van der Waals surface area contributed by atoms with E-state index in [1.807, 2.05) is 48.2 Å². The van der Waals surface area contributed by atoms with Crippen LogP contribution in [0.1, 0.15) is 11.1 Å². The Morgan fingerprint density at radius 1 is 0.909 bits per heavy atom. The lowest BCUT2D eigenvalue weighted by Crippen LogP contribution is -2.49. The molecule has 0 bridgehead atoms. The Kier molecular flexibility index (Phi) is 8.09. The quantitative estimate of drug-likeness (QED) is 0.643. The largest absolute Gasteiger partial charge is 0.484 e. The molecule has 2 aromatic carbocycles. The van der Waals surface area contributed by atoms with E-state index in [0.717, 1.165) is 50.0 Å². The summed E-state index contributed by atoms with van der Waals surface area (Å²) in [5.41, 5.74) is 2.37. The molecule has 10 nitrogen and oxygen atoms in total. The molecule has 0 atom stereocenters. The second-order valence-corrected chi connectivity index (χ2v) is 7.56. The summed E-state index contributed by atoms with van der Waals surface area (Å²) in [7, 11) is 0. The lowest BCUT2D eigenvalue weighted by Gasteiger charge is -2.34. The third-order valence-electron chi connectivity index (χ3n) is 5.13. The van der Waals surface area contributed by atoms with Crippen molar-refractivity contribution >= 4 is 17.8 Å². The molecule has 1 saturated heterocycles. The molecule has 2 aliphatic heterocycles. The Morgan fingerprint density at radius 3 is 2.18 bits per heavy atom. The maximum atomic E-state index is 12.4. The van der Waals surface area contributed by atoms with Gasteiger partial charge < -0.3 is 29.3 Å². The van der Waals surface area contributed by atoms with Gasteiger partial charge in [0.25, 0.3) is 5.91 Å². The zero-order valence-corrected chi connectivity index (χ0v) is 18.2. The van der Waals surface area contributed by atoms with E-state index in [1.165, 1.54) is 11.1 Å². The minimum Gasteiger partial charge on any atom is -0.484 e. The summed E-state index contributed by atoms with van der Waals surface area (Å²) in [5.74, 6) is -1.25. The Balaban J connectivity index is 0.000000454. The Labute approximate surface area is 190 Å². The van der Waals surface area contributed by atoms with Crippen LogP contribution in [-0.2, 0) is 20.9 Å². The molecule has 0 aromatic heterocycles. The minimum atomic E-state index is -1.82. The van der Waals surface area contributed by atoms with Gasteiger partial charge in [0.05, 0.1) is 0 Å². The van der Waals surface area contributed by atoms with Crippen molar-refractivity contribution in [1.29, 1.82) is 0 Å². The molecule has 2 heterocycles. The number of carbonyl (C=O) groups is 3.